The molecule has 2 amide bonds. The lowest BCUT2D eigenvalue weighted by Gasteiger charge is -2.35. The summed E-state index contributed by atoms with van der Waals surface area (Å²) in [6, 6.07) is 19.2. The number of aromatic nitrogens is 2. The number of thiophene rings is 1. The first-order chi connectivity index (χ1) is 17.1. The predicted molar refractivity (Wildman–Crippen MR) is 136 cm³/mol. The highest BCUT2D eigenvalue weighted by molar-refractivity contribution is 7.13. The van der Waals surface area contributed by atoms with E-state index in [4.69, 9.17) is 14.2 Å². The number of urea groups is 1. The number of carbonyl (C=O) groups is 1. The SMILES string of the molecule is CCc1ccc(CN2C(=O)NC(c3ccc(OC)cc3)C(c3nc(-c4cccs4)no3)=C2C)cc1. The Hall–Kier alpha value is -3.91. The molecule has 0 saturated carbocycles. The molecule has 4 aromatic rings. The van der Waals surface area contributed by atoms with Crippen LogP contribution < -0.4 is 10.1 Å². The molecule has 3 heterocycles. The summed E-state index contributed by atoms with van der Waals surface area (Å²) in [4.78, 5) is 20.6. The van der Waals surface area contributed by atoms with Crippen molar-refractivity contribution in [2.45, 2.75) is 32.9 Å². The van der Waals surface area contributed by atoms with Crippen molar-refractivity contribution in [2.24, 2.45) is 0 Å². The molecular formula is C27H26N4O3S. The van der Waals surface area contributed by atoms with Gasteiger partial charge < -0.3 is 14.6 Å². The van der Waals surface area contributed by atoms with Crippen molar-refractivity contribution in [3.8, 4) is 16.5 Å². The zero-order chi connectivity index (χ0) is 24.4. The maximum Gasteiger partial charge on any atom is 0.322 e. The normalized spacial score (nSPS) is 15.9. The summed E-state index contributed by atoms with van der Waals surface area (Å²) in [5, 5.41) is 9.33. The molecule has 1 aliphatic heterocycles. The molecular weight excluding hydrogens is 460 g/mol. The van der Waals surface area contributed by atoms with Crippen LogP contribution in [0, 0.1) is 0 Å². The summed E-state index contributed by atoms with van der Waals surface area (Å²) in [6.45, 7) is 4.49. The Morgan fingerprint density at radius 1 is 1.09 bits per heavy atom. The monoisotopic (exact) mass is 486 g/mol. The Kier molecular flexibility index (Phi) is 6.37. The molecule has 7 nitrogen and oxygen atoms in total. The van der Waals surface area contributed by atoms with E-state index in [1.165, 1.54) is 5.56 Å². The predicted octanol–water partition coefficient (Wildman–Crippen LogP) is 6.07. The molecule has 2 aromatic heterocycles. The molecule has 1 atom stereocenters. The minimum absolute atomic E-state index is 0.176. The number of carbonyl (C=O) groups excluding carboxylic acids is 1. The fourth-order valence-corrected chi connectivity index (χ4v) is 4.85. The van der Waals surface area contributed by atoms with Crippen LogP contribution in [0.2, 0.25) is 0 Å². The van der Waals surface area contributed by atoms with Crippen LogP contribution >= 0.6 is 11.3 Å². The van der Waals surface area contributed by atoms with Crippen molar-refractivity contribution < 1.29 is 14.1 Å². The number of nitrogens with one attached hydrogen (secondary N) is 1. The number of nitrogens with zero attached hydrogens (tertiary/aromatic N) is 3. The lowest BCUT2D eigenvalue weighted by molar-refractivity contribution is 0.203. The molecule has 0 spiro atoms. The van der Waals surface area contributed by atoms with E-state index in [1.807, 2.05) is 48.7 Å². The standard InChI is InChI=1S/C27H26N4O3S/c1-4-18-7-9-19(10-8-18)16-31-17(2)23(26-29-25(30-34-26)22-6-5-15-35-22)24(28-27(31)32)20-11-13-21(33-3)14-12-20/h5-15,24H,4,16H2,1-3H3,(H,28,32). The molecule has 2 aromatic carbocycles. The number of hydrogen-bond donors (Lipinski definition) is 1. The van der Waals surface area contributed by atoms with Gasteiger partial charge in [0.05, 0.1) is 30.1 Å². The Balaban J connectivity index is 1.56. The van der Waals surface area contributed by atoms with Gasteiger partial charge in [-0.1, -0.05) is 54.5 Å². The maximum absolute atomic E-state index is 13.3. The first-order valence-corrected chi connectivity index (χ1v) is 12.3. The van der Waals surface area contributed by atoms with Gasteiger partial charge in [0.15, 0.2) is 0 Å². The van der Waals surface area contributed by atoms with Crippen molar-refractivity contribution in [1.29, 1.82) is 0 Å². The molecule has 1 unspecified atom stereocenters. The number of hydrogen-bond acceptors (Lipinski definition) is 6. The molecule has 1 N–H and O–H groups in total. The van der Waals surface area contributed by atoms with E-state index < -0.39 is 6.04 Å². The topological polar surface area (TPSA) is 80.5 Å². The minimum atomic E-state index is -0.441. The Morgan fingerprint density at radius 3 is 2.49 bits per heavy atom. The van der Waals surface area contributed by atoms with E-state index in [9.17, 15) is 4.79 Å². The van der Waals surface area contributed by atoms with Crippen molar-refractivity contribution in [1.82, 2.24) is 20.4 Å². The molecule has 0 saturated heterocycles. The summed E-state index contributed by atoms with van der Waals surface area (Å²) in [5.41, 5.74) is 4.75. The lowest BCUT2D eigenvalue weighted by Crippen LogP contribution is -2.45. The van der Waals surface area contributed by atoms with Crippen LogP contribution in [0.25, 0.3) is 16.3 Å². The summed E-state index contributed by atoms with van der Waals surface area (Å²) >= 11 is 1.55. The highest BCUT2D eigenvalue weighted by Crippen LogP contribution is 2.38. The third-order valence-electron chi connectivity index (χ3n) is 6.22. The van der Waals surface area contributed by atoms with Gasteiger partial charge in [0.25, 0.3) is 5.89 Å². The fourth-order valence-electron chi connectivity index (χ4n) is 4.20. The molecule has 5 rings (SSSR count). The van der Waals surface area contributed by atoms with Crippen LogP contribution in [0.4, 0.5) is 4.79 Å². The summed E-state index contributed by atoms with van der Waals surface area (Å²) in [7, 11) is 1.63. The number of ether oxygens (including phenoxy) is 1. The highest BCUT2D eigenvalue weighted by atomic mass is 32.1. The molecule has 178 valence electrons. The number of aryl methyl sites for hydroxylation is 1. The van der Waals surface area contributed by atoms with Gasteiger partial charge in [0.1, 0.15) is 5.75 Å². The van der Waals surface area contributed by atoms with Gasteiger partial charge in [0, 0.05) is 5.70 Å². The van der Waals surface area contributed by atoms with Gasteiger partial charge in [-0.05, 0) is 53.6 Å². The van der Waals surface area contributed by atoms with Gasteiger partial charge in [-0.2, -0.15) is 4.98 Å². The van der Waals surface area contributed by atoms with Crippen molar-refractivity contribution in [3.05, 3.63) is 94.3 Å². The fraction of sp³-hybridized carbons (Fsp3) is 0.222. The van der Waals surface area contributed by atoms with Crippen LogP contribution in [0.15, 0.2) is 76.3 Å². The van der Waals surface area contributed by atoms with Gasteiger partial charge in [0.2, 0.25) is 5.82 Å². The van der Waals surface area contributed by atoms with Gasteiger partial charge in [-0.15, -0.1) is 11.3 Å². The largest absolute Gasteiger partial charge is 0.497 e. The first kappa shape index (κ1) is 22.9. The van der Waals surface area contributed by atoms with Gasteiger partial charge in [-0.3, -0.25) is 4.90 Å². The third kappa shape index (κ3) is 4.57. The van der Waals surface area contributed by atoms with Crippen LogP contribution in [-0.4, -0.2) is 28.2 Å². The lowest BCUT2D eigenvalue weighted by atomic mass is 9.94. The number of methoxy groups -OCH3 is 1. The van der Waals surface area contributed by atoms with Crippen molar-refractivity contribution in [2.75, 3.05) is 7.11 Å². The number of rotatable bonds is 7. The van der Waals surface area contributed by atoms with Crippen LogP contribution in [0.1, 0.15) is 42.5 Å². The Labute approximate surface area is 208 Å². The van der Waals surface area contributed by atoms with E-state index in [0.717, 1.165) is 39.4 Å². The van der Waals surface area contributed by atoms with Crippen LogP contribution in [0.5, 0.6) is 5.75 Å². The Bertz CT molecular complexity index is 1340. The molecule has 8 heteroatoms. The summed E-state index contributed by atoms with van der Waals surface area (Å²) < 4.78 is 11.1. The second kappa shape index (κ2) is 9.76. The van der Waals surface area contributed by atoms with Gasteiger partial charge >= 0.3 is 6.03 Å². The van der Waals surface area contributed by atoms with Gasteiger partial charge in [-0.25, -0.2) is 4.79 Å². The molecule has 0 aliphatic carbocycles. The number of allylic oxidation sites excluding steroid dienone is 1. The van der Waals surface area contributed by atoms with E-state index in [2.05, 4.69) is 41.7 Å². The average Bonchev–Trinajstić information content (AvgIpc) is 3.59. The van der Waals surface area contributed by atoms with E-state index in [-0.39, 0.29) is 6.03 Å². The molecule has 1 aliphatic rings. The highest BCUT2D eigenvalue weighted by Gasteiger charge is 2.35. The quantitative estimate of drug-likeness (QED) is 0.343. The minimum Gasteiger partial charge on any atom is -0.497 e. The van der Waals surface area contributed by atoms with E-state index >= 15 is 0 Å². The maximum atomic E-state index is 13.3. The van der Waals surface area contributed by atoms with Crippen LogP contribution in [-0.2, 0) is 13.0 Å². The van der Waals surface area contributed by atoms with E-state index in [1.54, 1.807) is 23.3 Å². The zero-order valence-electron chi connectivity index (χ0n) is 19.8. The molecule has 0 fully saturated rings. The molecule has 0 radical (unpaired) electrons. The number of amides is 2. The third-order valence-corrected chi connectivity index (χ3v) is 7.08. The smallest absolute Gasteiger partial charge is 0.322 e. The van der Waals surface area contributed by atoms with Crippen LogP contribution in [0.3, 0.4) is 0 Å². The number of benzene rings is 2. The second-order valence-corrected chi connectivity index (χ2v) is 9.26. The Morgan fingerprint density at radius 2 is 1.83 bits per heavy atom. The summed E-state index contributed by atoms with van der Waals surface area (Å²) in [5.74, 6) is 1.66. The van der Waals surface area contributed by atoms with Crippen molar-refractivity contribution in [3.63, 3.8) is 0 Å². The first-order valence-electron chi connectivity index (χ1n) is 11.5. The molecule has 0 bridgehead atoms. The zero-order valence-corrected chi connectivity index (χ0v) is 20.6. The van der Waals surface area contributed by atoms with Crippen molar-refractivity contribution >= 4 is 22.9 Å². The summed E-state index contributed by atoms with van der Waals surface area (Å²) in [6.07, 6.45) is 0.973. The van der Waals surface area contributed by atoms with E-state index in [0.29, 0.717) is 18.3 Å². The average molecular weight is 487 g/mol. The second-order valence-electron chi connectivity index (χ2n) is 8.31. The molecule has 35 heavy (non-hydrogen) atoms.